The fourth-order valence-corrected chi connectivity index (χ4v) is 11.0. The zero-order valence-electron chi connectivity index (χ0n) is 25.7. The van der Waals surface area contributed by atoms with Crippen LogP contribution in [0.5, 0.6) is 0 Å². The summed E-state index contributed by atoms with van der Waals surface area (Å²) in [5.74, 6) is 3.63. The van der Waals surface area contributed by atoms with Crippen molar-refractivity contribution in [3.8, 4) is 0 Å². The standard InChI is InChI=1S/C36H51NO4/c1-22-16-32-33(37(20-22)34(39)40-21-25-8-6-5-7-9-25)24(3)36(41-32)15-13-28-29-11-10-26-17-27(38)12-14-35(26,4)31(29)18-30(28)23(2)19-36/h5-9,22,24,26-29,31-33,38H,10-21H2,1-4H3/t22-,24+,26?,27-,28-,29-,31-,32+,33-,35-,36-/m0/s1. The molecule has 224 valence electrons. The highest BCUT2D eigenvalue weighted by molar-refractivity contribution is 5.68. The largest absolute Gasteiger partial charge is 0.445 e. The van der Waals surface area contributed by atoms with E-state index in [-0.39, 0.29) is 35.9 Å². The van der Waals surface area contributed by atoms with Gasteiger partial charge in [-0.1, -0.05) is 62.2 Å². The van der Waals surface area contributed by atoms with Crippen LogP contribution >= 0.6 is 0 Å². The summed E-state index contributed by atoms with van der Waals surface area (Å²) in [4.78, 5) is 15.5. The van der Waals surface area contributed by atoms with E-state index < -0.39 is 0 Å². The first-order chi connectivity index (χ1) is 19.7. The molecule has 6 aliphatic rings. The summed E-state index contributed by atoms with van der Waals surface area (Å²) in [7, 11) is 0. The lowest BCUT2D eigenvalue weighted by molar-refractivity contribution is -0.0832. The lowest BCUT2D eigenvalue weighted by atomic mass is 9.52. The van der Waals surface area contributed by atoms with E-state index in [4.69, 9.17) is 9.47 Å². The average Bonchev–Trinajstić information content (AvgIpc) is 3.42. The molecular weight excluding hydrogens is 510 g/mol. The molecule has 4 aliphatic carbocycles. The van der Waals surface area contributed by atoms with Gasteiger partial charge in [-0.2, -0.15) is 0 Å². The van der Waals surface area contributed by atoms with Gasteiger partial charge in [-0.15, -0.1) is 0 Å². The molecule has 1 unspecified atom stereocenters. The monoisotopic (exact) mass is 561 g/mol. The number of amides is 1. The van der Waals surface area contributed by atoms with E-state index in [2.05, 4.69) is 27.7 Å². The minimum atomic E-state index is -0.190. The molecule has 1 N–H and O–H groups in total. The van der Waals surface area contributed by atoms with Gasteiger partial charge in [0.05, 0.1) is 23.9 Å². The summed E-state index contributed by atoms with van der Waals surface area (Å²) in [5, 5.41) is 10.4. The number of rotatable bonds is 2. The van der Waals surface area contributed by atoms with Crippen molar-refractivity contribution in [2.75, 3.05) is 6.54 Å². The maximum atomic E-state index is 13.5. The van der Waals surface area contributed by atoms with E-state index >= 15 is 0 Å². The Morgan fingerprint density at radius 1 is 1.10 bits per heavy atom. The molecule has 1 amide bonds. The van der Waals surface area contributed by atoms with Crippen LogP contribution in [0, 0.1) is 40.9 Å². The van der Waals surface area contributed by atoms with Crippen molar-refractivity contribution in [2.45, 2.75) is 122 Å². The van der Waals surface area contributed by atoms with Gasteiger partial charge in [0.2, 0.25) is 0 Å². The van der Waals surface area contributed by atoms with Crippen molar-refractivity contribution in [1.82, 2.24) is 4.90 Å². The van der Waals surface area contributed by atoms with E-state index in [1.807, 2.05) is 35.2 Å². The van der Waals surface area contributed by atoms with Gasteiger partial charge in [-0.25, -0.2) is 4.79 Å². The molecule has 1 aromatic carbocycles. The van der Waals surface area contributed by atoms with Gasteiger partial charge in [-0.3, -0.25) is 0 Å². The number of fused-ring (bicyclic) bond motifs is 6. The highest BCUT2D eigenvalue weighted by atomic mass is 16.6. The van der Waals surface area contributed by atoms with Gasteiger partial charge < -0.3 is 19.5 Å². The van der Waals surface area contributed by atoms with Crippen LogP contribution in [0.2, 0.25) is 0 Å². The number of hydrogen-bond acceptors (Lipinski definition) is 4. The number of hydrogen-bond donors (Lipinski definition) is 1. The molecule has 1 aromatic rings. The fourth-order valence-electron chi connectivity index (χ4n) is 11.0. The zero-order valence-corrected chi connectivity index (χ0v) is 25.7. The predicted molar refractivity (Wildman–Crippen MR) is 160 cm³/mol. The van der Waals surface area contributed by atoms with Crippen molar-refractivity contribution in [3.05, 3.63) is 47.0 Å². The van der Waals surface area contributed by atoms with Crippen molar-refractivity contribution < 1.29 is 19.4 Å². The molecule has 7 rings (SSSR count). The third-order valence-corrected chi connectivity index (χ3v) is 13.2. The topological polar surface area (TPSA) is 59.0 Å². The quantitative estimate of drug-likeness (QED) is 0.380. The summed E-state index contributed by atoms with van der Waals surface area (Å²) < 4.78 is 13.1. The third-order valence-electron chi connectivity index (χ3n) is 13.2. The summed E-state index contributed by atoms with van der Waals surface area (Å²) in [6.07, 6.45) is 11.2. The van der Waals surface area contributed by atoms with Gasteiger partial charge in [0, 0.05) is 12.5 Å². The van der Waals surface area contributed by atoms with Gasteiger partial charge in [0.15, 0.2) is 0 Å². The Morgan fingerprint density at radius 2 is 1.90 bits per heavy atom. The molecule has 2 heterocycles. The van der Waals surface area contributed by atoms with E-state index in [0.29, 0.717) is 29.8 Å². The maximum absolute atomic E-state index is 13.5. The van der Waals surface area contributed by atoms with Gasteiger partial charge >= 0.3 is 6.09 Å². The zero-order chi connectivity index (χ0) is 28.5. The highest BCUT2D eigenvalue weighted by Gasteiger charge is 2.60. The van der Waals surface area contributed by atoms with Crippen LogP contribution in [0.15, 0.2) is 41.5 Å². The fraction of sp³-hybridized carbons (Fsp3) is 0.750. The van der Waals surface area contributed by atoms with Crippen LogP contribution in [-0.2, 0) is 16.1 Å². The molecule has 5 heteroatoms. The number of allylic oxidation sites excluding steroid dienone is 1. The number of benzene rings is 1. The first-order valence-corrected chi connectivity index (χ1v) is 16.7. The smallest absolute Gasteiger partial charge is 0.410 e. The summed E-state index contributed by atoms with van der Waals surface area (Å²) in [5.41, 5.74) is 4.56. The minimum absolute atomic E-state index is 0.0836. The summed E-state index contributed by atoms with van der Waals surface area (Å²) >= 11 is 0. The van der Waals surface area contributed by atoms with E-state index in [1.165, 1.54) is 32.1 Å². The Bertz CT molecular complexity index is 1180. The molecule has 5 fully saturated rings. The number of ether oxygens (including phenoxy) is 2. The lowest BCUT2D eigenvalue weighted by Gasteiger charge is -2.53. The maximum Gasteiger partial charge on any atom is 0.410 e. The Morgan fingerprint density at radius 3 is 2.71 bits per heavy atom. The number of aliphatic hydroxyl groups excluding tert-OH is 1. The number of likely N-dealkylation sites (tertiary alicyclic amines) is 1. The number of nitrogens with zero attached hydrogens (tertiary/aromatic N) is 1. The van der Waals surface area contributed by atoms with Crippen molar-refractivity contribution in [2.24, 2.45) is 40.9 Å². The molecule has 0 aromatic heterocycles. The van der Waals surface area contributed by atoms with Crippen LogP contribution in [0.3, 0.4) is 0 Å². The Labute approximate surface area is 247 Å². The summed E-state index contributed by atoms with van der Waals surface area (Å²) in [6, 6.07) is 10.1. The second-order valence-corrected chi connectivity index (χ2v) is 15.3. The van der Waals surface area contributed by atoms with E-state index in [9.17, 15) is 9.90 Å². The highest BCUT2D eigenvalue weighted by Crippen LogP contribution is 2.65. The predicted octanol–water partition coefficient (Wildman–Crippen LogP) is 7.52. The minimum Gasteiger partial charge on any atom is -0.445 e. The molecule has 2 aliphatic heterocycles. The second kappa shape index (κ2) is 10.4. The van der Waals surface area contributed by atoms with Crippen LogP contribution in [-0.4, -0.2) is 46.5 Å². The molecule has 41 heavy (non-hydrogen) atoms. The van der Waals surface area contributed by atoms with Crippen molar-refractivity contribution >= 4 is 6.09 Å². The second-order valence-electron chi connectivity index (χ2n) is 15.3. The van der Waals surface area contributed by atoms with E-state index in [0.717, 1.165) is 56.0 Å². The average molecular weight is 562 g/mol. The van der Waals surface area contributed by atoms with Crippen LogP contribution in [0.4, 0.5) is 4.79 Å². The molecule has 2 saturated heterocycles. The van der Waals surface area contributed by atoms with Gasteiger partial charge in [0.1, 0.15) is 6.61 Å². The number of carbonyl (C=O) groups is 1. The molecule has 0 radical (unpaired) electrons. The Kier molecular flexibility index (Phi) is 7.09. The molecule has 3 saturated carbocycles. The molecular formula is C36H51NO4. The van der Waals surface area contributed by atoms with Gasteiger partial charge in [-0.05, 0) is 112 Å². The van der Waals surface area contributed by atoms with Crippen molar-refractivity contribution in [1.29, 1.82) is 0 Å². The van der Waals surface area contributed by atoms with Crippen LogP contribution in [0.25, 0.3) is 0 Å². The number of piperidine rings is 1. The lowest BCUT2D eigenvalue weighted by Crippen LogP contribution is -2.54. The number of aliphatic hydroxyl groups is 1. The first kappa shape index (κ1) is 28.0. The molecule has 11 atom stereocenters. The molecule has 0 bridgehead atoms. The SMILES string of the molecule is CC1=C2C[C@H]3[C@@H](CCC4C[C@@H](O)CC[C@@]43C)[C@@H]2CC[C@@]2(C1)O[C@@H]1C[C@H](C)CN(C(=O)OCc3ccccc3)[C@H]1[C@H]2C. The normalized spacial score (nSPS) is 45.5. The third kappa shape index (κ3) is 4.60. The van der Waals surface area contributed by atoms with Gasteiger partial charge in [0.25, 0.3) is 0 Å². The van der Waals surface area contributed by atoms with Crippen LogP contribution in [0.1, 0.15) is 97.5 Å². The van der Waals surface area contributed by atoms with E-state index in [1.54, 1.807) is 11.1 Å². The summed E-state index contributed by atoms with van der Waals surface area (Å²) in [6.45, 7) is 10.7. The molecule has 5 nitrogen and oxygen atoms in total. The Hall–Kier alpha value is -1.85. The van der Waals surface area contributed by atoms with Crippen LogP contribution < -0.4 is 0 Å². The van der Waals surface area contributed by atoms with Crippen molar-refractivity contribution in [3.63, 3.8) is 0 Å². The number of carbonyl (C=O) groups excluding carboxylic acids is 1. The first-order valence-electron chi connectivity index (χ1n) is 16.7. The molecule has 1 spiro atoms. The Balaban J connectivity index is 1.11.